The van der Waals surface area contributed by atoms with Crippen molar-refractivity contribution >= 4 is 11.6 Å². The molecule has 2 nitrogen and oxygen atoms in total. The van der Waals surface area contributed by atoms with Gasteiger partial charge in [-0.05, 0) is 39.2 Å². The number of hydrogen-bond donors (Lipinski definition) is 0. The number of aryl methyl sites for hydroxylation is 3. The Morgan fingerprint density at radius 3 is 2.62 bits per heavy atom. The lowest BCUT2D eigenvalue weighted by Crippen LogP contribution is -1.97. The molecule has 1 rings (SSSR count). The third kappa shape index (κ3) is 3.73. The molecule has 0 spiro atoms. The number of unbranched alkanes of at least 4 members (excludes halogenated alkanes) is 1. The Kier molecular flexibility index (Phi) is 4.16. The van der Waals surface area contributed by atoms with Crippen molar-refractivity contribution in [1.29, 1.82) is 0 Å². The van der Waals surface area contributed by atoms with Gasteiger partial charge < -0.3 is 0 Å². The molecular weight excluding hydrogens is 184 g/mol. The van der Waals surface area contributed by atoms with Gasteiger partial charge in [0, 0.05) is 17.3 Å². The van der Waals surface area contributed by atoms with Crippen LogP contribution in [0.2, 0.25) is 0 Å². The maximum Gasteiger partial charge on any atom is 0.125 e. The highest BCUT2D eigenvalue weighted by molar-refractivity contribution is 6.17. The Morgan fingerprint density at radius 2 is 2.00 bits per heavy atom. The molecule has 0 aliphatic heterocycles. The lowest BCUT2D eigenvalue weighted by Gasteiger charge is -2.02. The van der Waals surface area contributed by atoms with Gasteiger partial charge in [-0.2, -0.15) is 0 Å². The summed E-state index contributed by atoms with van der Waals surface area (Å²) in [6.45, 7) is 3.93. The smallest absolute Gasteiger partial charge is 0.125 e. The molecule has 0 unspecified atom stereocenters. The molecular formula is C10H15ClN2. The predicted octanol–water partition coefficient (Wildman–Crippen LogP) is 2.65. The number of alkyl halides is 1. The molecule has 0 saturated carbocycles. The van der Waals surface area contributed by atoms with Crippen LogP contribution in [0.3, 0.4) is 0 Å². The van der Waals surface area contributed by atoms with E-state index in [1.165, 1.54) is 0 Å². The first-order chi connectivity index (χ1) is 6.22. The summed E-state index contributed by atoms with van der Waals surface area (Å²) in [4.78, 5) is 8.58. The van der Waals surface area contributed by atoms with Crippen molar-refractivity contribution in [3.05, 3.63) is 23.3 Å². The second kappa shape index (κ2) is 5.18. The Balaban J connectivity index is 2.56. The molecule has 13 heavy (non-hydrogen) atoms. The average molecular weight is 199 g/mol. The van der Waals surface area contributed by atoms with Crippen LogP contribution >= 0.6 is 11.6 Å². The maximum atomic E-state index is 5.60. The average Bonchev–Trinajstić information content (AvgIpc) is 2.03. The van der Waals surface area contributed by atoms with E-state index < -0.39 is 0 Å². The summed E-state index contributed by atoms with van der Waals surface area (Å²) in [5.74, 6) is 1.60. The normalized spacial score (nSPS) is 10.4. The molecule has 0 aliphatic carbocycles. The van der Waals surface area contributed by atoms with Crippen LogP contribution in [-0.4, -0.2) is 15.8 Å². The van der Waals surface area contributed by atoms with Gasteiger partial charge in [0.05, 0.1) is 0 Å². The Morgan fingerprint density at radius 1 is 1.23 bits per heavy atom. The SMILES string of the molecule is Cc1cc(CCCCCl)nc(C)n1. The van der Waals surface area contributed by atoms with Crippen molar-refractivity contribution in [3.63, 3.8) is 0 Å². The van der Waals surface area contributed by atoms with E-state index >= 15 is 0 Å². The molecule has 0 aliphatic rings. The fraction of sp³-hybridized carbons (Fsp3) is 0.600. The van der Waals surface area contributed by atoms with E-state index in [4.69, 9.17) is 11.6 Å². The quantitative estimate of drug-likeness (QED) is 0.549. The molecule has 0 atom stereocenters. The number of nitrogens with zero attached hydrogens (tertiary/aromatic N) is 2. The van der Waals surface area contributed by atoms with Crippen LogP contribution in [0.15, 0.2) is 6.07 Å². The highest BCUT2D eigenvalue weighted by Gasteiger charge is 1.98. The first-order valence-corrected chi connectivity index (χ1v) is 5.13. The minimum Gasteiger partial charge on any atom is -0.239 e. The first kappa shape index (κ1) is 10.5. The number of aromatic nitrogens is 2. The van der Waals surface area contributed by atoms with Crippen LogP contribution in [0.25, 0.3) is 0 Å². The van der Waals surface area contributed by atoms with Crippen LogP contribution in [-0.2, 0) is 6.42 Å². The second-order valence-electron chi connectivity index (χ2n) is 3.19. The molecule has 0 saturated heterocycles. The molecule has 3 heteroatoms. The van der Waals surface area contributed by atoms with E-state index in [-0.39, 0.29) is 0 Å². The van der Waals surface area contributed by atoms with Gasteiger partial charge in [0.15, 0.2) is 0 Å². The van der Waals surface area contributed by atoms with Gasteiger partial charge in [-0.15, -0.1) is 11.6 Å². The van der Waals surface area contributed by atoms with Gasteiger partial charge in [0.25, 0.3) is 0 Å². The van der Waals surface area contributed by atoms with Crippen molar-refractivity contribution in [1.82, 2.24) is 9.97 Å². The third-order valence-electron chi connectivity index (χ3n) is 1.84. The fourth-order valence-corrected chi connectivity index (χ4v) is 1.51. The maximum absolute atomic E-state index is 5.60. The van der Waals surface area contributed by atoms with E-state index in [1.807, 2.05) is 19.9 Å². The Bertz CT molecular complexity index is 253. The van der Waals surface area contributed by atoms with Gasteiger partial charge >= 0.3 is 0 Å². The number of halogens is 1. The van der Waals surface area contributed by atoms with Gasteiger partial charge in [0.2, 0.25) is 0 Å². The van der Waals surface area contributed by atoms with Crippen LogP contribution < -0.4 is 0 Å². The van der Waals surface area contributed by atoms with E-state index in [2.05, 4.69) is 9.97 Å². The summed E-state index contributed by atoms with van der Waals surface area (Å²) in [5, 5.41) is 0. The minimum atomic E-state index is 0.739. The zero-order chi connectivity index (χ0) is 9.68. The van der Waals surface area contributed by atoms with Crippen LogP contribution in [0, 0.1) is 13.8 Å². The molecule has 0 fully saturated rings. The van der Waals surface area contributed by atoms with E-state index in [9.17, 15) is 0 Å². The van der Waals surface area contributed by atoms with Crippen LogP contribution in [0.1, 0.15) is 30.1 Å². The zero-order valence-electron chi connectivity index (χ0n) is 8.18. The molecule has 0 aromatic carbocycles. The predicted molar refractivity (Wildman–Crippen MR) is 55.2 cm³/mol. The minimum absolute atomic E-state index is 0.739. The van der Waals surface area contributed by atoms with E-state index in [0.29, 0.717) is 0 Å². The highest BCUT2D eigenvalue weighted by Crippen LogP contribution is 2.05. The van der Waals surface area contributed by atoms with Gasteiger partial charge in [0.1, 0.15) is 5.82 Å². The fourth-order valence-electron chi connectivity index (χ4n) is 1.32. The van der Waals surface area contributed by atoms with Gasteiger partial charge in [-0.3, -0.25) is 0 Å². The second-order valence-corrected chi connectivity index (χ2v) is 3.57. The van der Waals surface area contributed by atoms with Crippen LogP contribution in [0.4, 0.5) is 0 Å². The number of hydrogen-bond acceptors (Lipinski definition) is 2. The molecule has 1 aromatic rings. The lowest BCUT2D eigenvalue weighted by molar-refractivity contribution is 0.768. The molecule has 72 valence electrons. The molecule has 0 N–H and O–H groups in total. The standard InChI is InChI=1S/C10H15ClN2/c1-8-7-10(5-3-4-6-11)13-9(2)12-8/h7H,3-6H2,1-2H3. The van der Waals surface area contributed by atoms with Gasteiger partial charge in [-0.25, -0.2) is 9.97 Å². The summed E-state index contributed by atoms with van der Waals surface area (Å²) >= 11 is 5.60. The Labute approximate surface area is 84.4 Å². The topological polar surface area (TPSA) is 25.8 Å². The van der Waals surface area contributed by atoms with Crippen molar-refractivity contribution in [2.45, 2.75) is 33.1 Å². The largest absolute Gasteiger partial charge is 0.239 e. The lowest BCUT2D eigenvalue weighted by atomic mass is 10.2. The summed E-state index contributed by atoms with van der Waals surface area (Å²) in [6, 6.07) is 2.04. The zero-order valence-corrected chi connectivity index (χ0v) is 8.93. The molecule has 0 bridgehead atoms. The summed E-state index contributed by atoms with van der Waals surface area (Å²) in [6.07, 6.45) is 3.18. The van der Waals surface area contributed by atoms with Gasteiger partial charge in [-0.1, -0.05) is 0 Å². The first-order valence-electron chi connectivity index (χ1n) is 4.59. The van der Waals surface area contributed by atoms with Crippen molar-refractivity contribution < 1.29 is 0 Å². The summed E-state index contributed by atoms with van der Waals surface area (Å²) < 4.78 is 0. The van der Waals surface area contributed by atoms with Crippen LogP contribution in [0.5, 0.6) is 0 Å². The van der Waals surface area contributed by atoms with E-state index in [0.717, 1.165) is 42.4 Å². The summed E-state index contributed by atoms with van der Waals surface area (Å²) in [5.41, 5.74) is 2.18. The molecule has 0 radical (unpaired) electrons. The Hall–Kier alpha value is -0.630. The third-order valence-corrected chi connectivity index (χ3v) is 2.10. The highest BCUT2D eigenvalue weighted by atomic mass is 35.5. The van der Waals surface area contributed by atoms with Crippen molar-refractivity contribution in [3.8, 4) is 0 Å². The summed E-state index contributed by atoms with van der Waals surface area (Å²) in [7, 11) is 0. The monoisotopic (exact) mass is 198 g/mol. The van der Waals surface area contributed by atoms with Crippen molar-refractivity contribution in [2.75, 3.05) is 5.88 Å². The molecule has 1 aromatic heterocycles. The molecule has 0 amide bonds. The van der Waals surface area contributed by atoms with E-state index in [1.54, 1.807) is 0 Å². The number of rotatable bonds is 4. The van der Waals surface area contributed by atoms with Crippen molar-refractivity contribution in [2.24, 2.45) is 0 Å². The molecule has 1 heterocycles.